The van der Waals surface area contributed by atoms with Gasteiger partial charge in [0.05, 0.1) is 35.7 Å². The molecule has 0 fully saturated rings. The number of hydrogen-bond acceptors (Lipinski definition) is 7. The second kappa shape index (κ2) is 9.44. The maximum atomic E-state index is 13.0. The van der Waals surface area contributed by atoms with E-state index in [2.05, 4.69) is 25.7 Å². The van der Waals surface area contributed by atoms with Crippen LogP contribution in [0.5, 0.6) is 0 Å². The number of aryl methyl sites for hydroxylation is 1. The van der Waals surface area contributed by atoms with Crippen molar-refractivity contribution < 1.29 is 14.3 Å². The molecule has 0 unspecified atom stereocenters. The van der Waals surface area contributed by atoms with Crippen LogP contribution < -0.4 is 10.6 Å². The van der Waals surface area contributed by atoms with Gasteiger partial charge in [-0.05, 0) is 49.9 Å². The zero-order valence-electron chi connectivity index (χ0n) is 19.2. The van der Waals surface area contributed by atoms with E-state index in [1.165, 1.54) is 12.4 Å². The van der Waals surface area contributed by atoms with Gasteiger partial charge in [0.2, 0.25) is 0 Å². The third-order valence-electron chi connectivity index (χ3n) is 4.59. The molecular formula is C24H24N6O3S. The van der Waals surface area contributed by atoms with Crippen molar-refractivity contribution in [2.45, 2.75) is 26.4 Å². The molecule has 0 spiro atoms. The lowest BCUT2D eigenvalue weighted by atomic mass is 10.1. The number of carbonyl (C=O) groups excluding carboxylic acids is 2. The van der Waals surface area contributed by atoms with Crippen LogP contribution in [-0.2, 0) is 11.8 Å². The maximum absolute atomic E-state index is 13.0. The number of nitrogens with one attached hydrogen (secondary N) is 2. The third kappa shape index (κ3) is 5.65. The molecule has 0 aliphatic carbocycles. The fourth-order valence-corrected chi connectivity index (χ4v) is 3.82. The molecule has 4 rings (SSSR count). The summed E-state index contributed by atoms with van der Waals surface area (Å²) in [7, 11) is 1.81. The number of anilines is 2. The Morgan fingerprint density at radius 3 is 2.44 bits per heavy atom. The molecule has 0 bridgehead atoms. The van der Waals surface area contributed by atoms with Gasteiger partial charge < -0.3 is 10.1 Å². The molecule has 3 aromatic heterocycles. The summed E-state index contributed by atoms with van der Waals surface area (Å²) in [5, 5.41) is 11.6. The smallest absolute Gasteiger partial charge is 0.412 e. The lowest BCUT2D eigenvalue weighted by Crippen LogP contribution is -2.27. The summed E-state index contributed by atoms with van der Waals surface area (Å²) in [6.07, 6.45) is 5.80. The number of thiophene rings is 1. The van der Waals surface area contributed by atoms with Crippen molar-refractivity contribution in [3.63, 3.8) is 0 Å². The van der Waals surface area contributed by atoms with Gasteiger partial charge in [0.25, 0.3) is 5.91 Å². The zero-order chi connectivity index (χ0) is 24.3. The molecule has 0 aliphatic heterocycles. The van der Waals surface area contributed by atoms with Crippen LogP contribution in [-0.4, -0.2) is 37.3 Å². The predicted octanol–water partition coefficient (Wildman–Crippen LogP) is 5.20. The Labute approximate surface area is 200 Å². The standard InChI is InChI=1S/C24H24N6O3S/c1-24(2,3)33-23(32)29-17-8-7-15(21-6-5-9-34-21)10-18(17)28-22(31)20-13-25-19(12-26-20)16-11-27-30(4)14-16/h5-14H,1-4H3,(H,28,31)(H,29,32). The van der Waals surface area contributed by atoms with Gasteiger partial charge >= 0.3 is 6.09 Å². The van der Waals surface area contributed by atoms with Gasteiger partial charge in [-0.1, -0.05) is 12.1 Å². The Bertz CT molecular complexity index is 1310. The fraction of sp³-hybridized carbons (Fsp3) is 0.208. The summed E-state index contributed by atoms with van der Waals surface area (Å²) >= 11 is 1.57. The summed E-state index contributed by atoms with van der Waals surface area (Å²) in [5.74, 6) is -0.458. The van der Waals surface area contributed by atoms with Crippen molar-refractivity contribution in [3.8, 4) is 21.7 Å². The number of aromatic nitrogens is 4. The van der Waals surface area contributed by atoms with Crippen LogP contribution in [0, 0.1) is 0 Å². The van der Waals surface area contributed by atoms with E-state index in [1.807, 2.05) is 36.8 Å². The lowest BCUT2D eigenvalue weighted by Gasteiger charge is -2.20. The number of amides is 2. The minimum absolute atomic E-state index is 0.136. The van der Waals surface area contributed by atoms with Crippen molar-refractivity contribution in [2.75, 3.05) is 10.6 Å². The number of benzene rings is 1. The Balaban J connectivity index is 1.58. The Morgan fingerprint density at radius 2 is 1.82 bits per heavy atom. The number of nitrogens with zero attached hydrogens (tertiary/aromatic N) is 4. The largest absolute Gasteiger partial charge is 0.444 e. The highest BCUT2D eigenvalue weighted by Gasteiger charge is 2.19. The van der Waals surface area contributed by atoms with E-state index in [-0.39, 0.29) is 5.69 Å². The Hall–Kier alpha value is -4.05. The summed E-state index contributed by atoms with van der Waals surface area (Å²) < 4.78 is 7.02. The SMILES string of the molecule is Cn1cc(-c2cnc(C(=O)Nc3cc(-c4cccs4)ccc3NC(=O)OC(C)(C)C)cn2)cn1. The molecule has 3 heterocycles. The van der Waals surface area contributed by atoms with E-state index in [0.29, 0.717) is 17.1 Å². The molecule has 0 atom stereocenters. The third-order valence-corrected chi connectivity index (χ3v) is 5.51. The van der Waals surface area contributed by atoms with Crippen LogP contribution in [0.4, 0.5) is 16.2 Å². The topological polar surface area (TPSA) is 111 Å². The van der Waals surface area contributed by atoms with Crippen LogP contribution in [0.1, 0.15) is 31.3 Å². The average Bonchev–Trinajstić information content (AvgIpc) is 3.46. The van der Waals surface area contributed by atoms with Gasteiger partial charge in [-0.3, -0.25) is 19.8 Å². The Morgan fingerprint density at radius 1 is 1.00 bits per heavy atom. The van der Waals surface area contributed by atoms with E-state index < -0.39 is 17.6 Å². The summed E-state index contributed by atoms with van der Waals surface area (Å²) in [4.78, 5) is 34.9. The van der Waals surface area contributed by atoms with Gasteiger partial charge in [-0.15, -0.1) is 11.3 Å². The molecule has 2 N–H and O–H groups in total. The van der Waals surface area contributed by atoms with Crippen LogP contribution >= 0.6 is 11.3 Å². The highest BCUT2D eigenvalue weighted by Crippen LogP contribution is 2.32. The first-order valence-electron chi connectivity index (χ1n) is 10.5. The van der Waals surface area contributed by atoms with Crippen molar-refractivity contribution in [1.82, 2.24) is 19.7 Å². The minimum atomic E-state index is -0.657. The second-order valence-corrected chi connectivity index (χ2v) is 9.46. The van der Waals surface area contributed by atoms with Crippen molar-refractivity contribution >= 4 is 34.7 Å². The highest BCUT2D eigenvalue weighted by atomic mass is 32.1. The molecule has 174 valence electrons. The quantitative estimate of drug-likeness (QED) is 0.409. The highest BCUT2D eigenvalue weighted by molar-refractivity contribution is 7.13. The van der Waals surface area contributed by atoms with Crippen molar-refractivity contribution in [3.05, 3.63) is 66.2 Å². The molecule has 4 aromatic rings. The molecule has 10 heteroatoms. The van der Waals surface area contributed by atoms with E-state index in [4.69, 9.17) is 4.74 Å². The van der Waals surface area contributed by atoms with E-state index in [1.54, 1.807) is 55.1 Å². The first-order chi connectivity index (χ1) is 16.2. The van der Waals surface area contributed by atoms with E-state index in [9.17, 15) is 9.59 Å². The molecule has 0 aliphatic rings. The van der Waals surface area contributed by atoms with E-state index >= 15 is 0 Å². The predicted molar refractivity (Wildman–Crippen MR) is 132 cm³/mol. The molecule has 2 amide bonds. The van der Waals surface area contributed by atoms with Gasteiger partial charge in [0.15, 0.2) is 0 Å². The summed E-state index contributed by atoms with van der Waals surface area (Å²) in [5.41, 5.74) is 2.61. The number of hydrogen-bond donors (Lipinski definition) is 2. The molecular weight excluding hydrogens is 452 g/mol. The summed E-state index contributed by atoms with van der Waals surface area (Å²) in [6.45, 7) is 5.34. The monoisotopic (exact) mass is 476 g/mol. The van der Waals surface area contributed by atoms with Gasteiger partial charge in [0.1, 0.15) is 11.3 Å². The molecule has 1 aromatic carbocycles. The maximum Gasteiger partial charge on any atom is 0.412 e. The molecule has 9 nitrogen and oxygen atoms in total. The Kier molecular flexibility index (Phi) is 6.42. The second-order valence-electron chi connectivity index (χ2n) is 8.51. The number of ether oxygens (including phenoxy) is 1. The number of carbonyl (C=O) groups is 2. The summed E-state index contributed by atoms with van der Waals surface area (Å²) in [6, 6.07) is 9.33. The first kappa shape index (κ1) is 23.1. The van der Waals surface area contributed by atoms with E-state index in [0.717, 1.165) is 16.0 Å². The van der Waals surface area contributed by atoms with Crippen LogP contribution in [0.2, 0.25) is 0 Å². The van der Waals surface area contributed by atoms with Crippen LogP contribution in [0.15, 0.2) is 60.5 Å². The number of rotatable bonds is 5. The van der Waals surface area contributed by atoms with Crippen molar-refractivity contribution in [2.24, 2.45) is 7.05 Å². The fourth-order valence-electron chi connectivity index (χ4n) is 3.10. The molecule has 0 radical (unpaired) electrons. The minimum Gasteiger partial charge on any atom is -0.444 e. The molecule has 0 saturated carbocycles. The first-order valence-corrected chi connectivity index (χ1v) is 11.4. The van der Waals surface area contributed by atoms with Gasteiger partial charge in [0, 0.05) is 23.7 Å². The normalized spacial score (nSPS) is 11.2. The van der Waals surface area contributed by atoms with Crippen molar-refractivity contribution in [1.29, 1.82) is 0 Å². The van der Waals surface area contributed by atoms with Crippen LogP contribution in [0.25, 0.3) is 21.7 Å². The zero-order valence-corrected chi connectivity index (χ0v) is 20.0. The van der Waals surface area contributed by atoms with Crippen LogP contribution in [0.3, 0.4) is 0 Å². The van der Waals surface area contributed by atoms with Gasteiger partial charge in [-0.2, -0.15) is 5.10 Å². The molecule has 0 saturated heterocycles. The van der Waals surface area contributed by atoms with Gasteiger partial charge in [-0.25, -0.2) is 9.78 Å². The average molecular weight is 477 g/mol. The molecule has 34 heavy (non-hydrogen) atoms. The lowest BCUT2D eigenvalue weighted by molar-refractivity contribution is 0.0635.